The molecule has 0 unspecified atom stereocenters. The molecule has 0 spiro atoms. The normalized spacial score (nSPS) is 10.7. The second-order valence-corrected chi connectivity index (χ2v) is 5.33. The van der Waals surface area contributed by atoms with Crippen molar-refractivity contribution in [2.45, 2.75) is 0 Å². The summed E-state index contributed by atoms with van der Waals surface area (Å²) < 4.78 is 6.58. The van der Waals surface area contributed by atoms with Crippen molar-refractivity contribution in [1.29, 1.82) is 0 Å². The molecule has 0 atom stereocenters. The molecule has 116 valence electrons. The molecule has 0 aliphatic carbocycles. The van der Waals surface area contributed by atoms with Crippen molar-refractivity contribution in [2.75, 3.05) is 0 Å². The first-order chi connectivity index (χ1) is 11.8. The number of benzene rings is 3. The van der Waals surface area contributed by atoms with E-state index in [9.17, 15) is 4.79 Å². The van der Waals surface area contributed by atoms with Gasteiger partial charge in [0.1, 0.15) is 5.52 Å². The summed E-state index contributed by atoms with van der Waals surface area (Å²) >= 11 is 0. The molecule has 1 aromatic heterocycles. The van der Waals surface area contributed by atoms with Crippen molar-refractivity contribution in [3.05, 3.63) is 107 Å². The van der Waals surface area contributed by atoms with Gasteiger partial charge < -0.3 is 4.42 Å². The second-order valence-electron chi connectivity index (χ2n) is 5.33. The summed E-state index contributed by atoms with van der Waals surface area (Å²) in [6.07, 6.45) is 0. The van der Waals surface area contributed by atoms with E-state index in [2.05, 4.69) is 5.10 Å². The monoisotopic (exact) mass is 314 g/mol. The Morgan fingerprint density at radius 1 is 0.750 bits per heavy atom. The summed E-state index contributed by atoms with van der Waals surface area (Å²) in [5.41, 5.74) is 3.74. The van der Waals surface area contributed by atoms with Crippen molar-refractivity contribution in [1.82, 2.24) is 4.68 Å². The molecule has 0 radical (unpaired) electrons. The van der Waals surface area contributed by atoms with Crippen molar-refractivity contribution in [2.24, 2.45) is 5.10 Å². The lowest BCUT2D eigenvalue weighted by molar-refractivity contribution is 0.525. The molecular formula is C20H14N2O2. The number of nitrogens with zero attached hydrogens (tertiary/aromatic N) is 2. The molecule has 0 saturated heterocycles. The van der Waals surface area contributed by atoms with Gasteiger partial charge in [0, 0.05) is 11.1 Å². The van der Waals surface area contributed by atoms with Crippen molar-refractivity contribution >= 4 is 16.8 Å². The zero-order valence-corrected chi connectivity index (χ0v) is 12.8. The predicted octanol–water partition coefficient (Wildman–Crippen LogP) is 3.90. The Balaban J connectivity index is 1.98. The number of aromatic nitrogens is 1. The molecule has 0 N–H and O–H groups in total. The van der Waals surface area contributed by atoms with Gasteiger partial charge in [-0.25, -0.2) is 4.79 Å². The number of oxazole rings is 1. The van der Waals surface area contributed by atoms with Crippen LogP contribution in [0.5, 0.6) is 0 Å². The molecule has 0 saturated carbocycles. The van der Waals surface area contributed by atoms with Crippen LogP contribution in [0.15, 0.2) is 99.2 Å². The summed E-state index contributed by atoms with van der Waals surface area (Å²) in [5.74, 6) is -0.499. The van der Waals surface area contributed by atoms with Gasteiger partial charge in [-0.05, 0) is 12.1 Å². The first-order valence-electron chi connectivity index (χ1n) is 7.63. The van der Waals surface area contributed by atoms with Gasteiger partial charge in [0.25, 0.3) is 0 Å². The predicted molar refractivity (Wildman–Crippen MR) is 94.4 cm³/mol. The van der Waals surface area contributed by atoms with E-state index in [-0.39, 0.29) is 0 Å². The van der Waals surface area contributed by atoms with Crippen LogP contribution in [0, 0.1) is 0 Å². The zero-order valence-electron chi connectivity index (χ0n) is 12.8. The SMILES string of the molecule is O=c1oc2ccccc2n1N=C(c1ccccc1)c1ccccc1. The molecule has 24 heavy (non-hydrogen) atoms. The average Bonchev–Trinajstić information content (AvgIpc) is 2.96. The molecule has 0 amide bonds. The second kappa shape index (κ2) is 6.01. The third kappa shape index (κ3) is 2.54. The minimum atomic E-state index is -0.499. The van der Waals surface area contributed by atoms with Crippen molar-refractivity contribution < 1.29 is 4.42 Å². The molecule has 1 heterocycles. The van der Waals surface area contributed by atoms with Gasteiger partial charge in [-0.1, -0.05) is 72.8 Å². The Hall–Kier alpha value is -3.40. The standard InChI is InChI=1S/C20H14N2O2/c23-20-22(17-13-7-8-14-18(17)24-20)21-19(15-9-3-1-4-10-15)16-11-5-2-6-12-16/h1-14H. The van der Waals surface area contributed by atoms with Crippen LogP contribution in [0.1, 0.15) is 11.1 Å². The van der Waals surface area contributed by atoms with Gasteiger partial charge in [-0.15, -0.1) is 0 Å². The third-order valence-corrected chi connectivity index (χ3v) is 3.76. The summed E-state index contributed by atoms with van der Waals surface area (Å²) in [6, 6.07) is 26.8. The highest BCUT2D eigenvalue weighted by atomic mass is 16.4. The van der Waals surface area contributed by atoms with Crippen molar-refractivity contribution in [3.63, 3.8) is 0 Å². The summed E-state index contributed by atoms with van der Waals surface area (Å²) in [5, 5.41) is 4.61. The van der Waals surface area contributed by atoms with E-state index in [0.29, 0.717) is 16.8 Å². The van der Waals surface area contributed by atoms with Crippen LogP contribution in [0.4, 0.5) is 0 Å². The molecule has 0 fully saturated rings. The van der Waals surface area contributed by atoms with E-state index in [1.54, 1.807) is 6.07 Å². The van der Waals surface area contributed by atoms with E-state index in [1.165, 1.54) is 4.68 Å². The van der Waals surface area contributed by atoms with E-state index in [1.807, 2.05) is 78.9 Å². The van der Waals surface area contributed by atoms with Crippen LogP contribution < -0.4 is 5.76 Å². The fourth-order valence-electron chi connectivity index (χ4n) is 2.62. The Morgan fingerprint density at radius 3 is 1.92 bits per heavy atom. The molecule has 0 aliphatic rings. The maximum Gasteiger partial charge on any atom is 0.440 e. The largest absolute Gasteiger partial charge is 0.440 e. The maximum absolute atomic E-state index is 12.2. The Kier molecular flexibility index (Phi) is 3.56. The number of hydrogen-bond acceptors (Lipinski definition) is 3. The van der Waals surface area contributed by atoms with E-state index in [0.717, 1.165) is 11.1 Å². The smallest absolute Gasteiger partial charge is 0.406 e. The Labute approximate surface area is 138 Å². The molecule has 0 aliphatic heterocycles. The van der Waals surface area contributed by atoms with Gasteiger partial charge in [0.2, 0.25) is 0 Å². The van der Waals surface area contributed by atoms with Gasteiger partial charge in [-0.3, -0.25) is 0 Å². The molecule has 4 nitrogen and oxygen atoms in total. The average molecular weight is 314 g/mol. The van der Waals surface area contributed by atoms with Crippen LogP contribution in [-0.4, -0.2) is 10.4 Å². The Bertz CT molecular complexity index is 1020. The summed E-state index contributed by atoms with van der Waals surface area (Å²) in [6.45, 7) is 0. The Morgan fingerprint density at radius 2 is 1.29 bits per heavy atom. The zero-order chi connectivity index (χ0) is 16.4. The fourth-order valence-corrected chi connectivity index (χ4v) is 2.62. The van der Waals surface area contributed by atoms with Crippen LogP contribution >= 0.6 is 0 Å². The topological polar surface area (TPSA) is 47.5 Å². The number of rotatable bonds is 3. The number of hydrogen-bond donors (Lipinski definition) is 0. The highest BCUT2D eigenvalue weighted by Crippen LogP contribution is 2.15. The molecule has 4 rings (SSSR count). The minimum absolute atomic E-state index is 0.499. The maximum atomic E-state index is 12.2. The highest BCUT2D eigenvalue weighted by Gasteiger charge is 2.12. The van der Waals surface area contributed by atoms with E-state index in [4.69, 9.17) is 4.42 Å². The molecule has 3 aromatic carbocycles. The minimum Gasteiger partial charge on any atom is -0.406 e. The fraction of sp³-hybridized carbons (Fsp3) is 0. The molecule has 4 aromatic rings. The van der Waals surface area contributed by atoms with Crippen LogP contribution in [0.3, 0.4) is 0 Å². The lowest BCUT2D eigenvalue weighted by Crippen LogP contribution is -2.14. The first-order valence-corrected chi connectivity index (χ1v) is 7.63. The molecule has 4 heteroatoms. The van der Waals surface area contributed by atoms with Gasteiger partial charge in [0.05, 0.1) is 5.71 Å². The number of para-hydroxylation sites is 2. The first kappa shape index (κ1) is 14.2. The van der Waals surface area contributed by atoms with Gasteiger partial charge in [-0.2, -0.15) is 9.78 Å². The van der Waals surface area contributed by atoms with Crippen LogP contribution in [-0.2, 0) is 0 Å². The van der Waals surface area contributed by atoms with E-state index >= 15 is 0 Å². The van der Waals surface area contributed by atoms with E-state index < -0.39 is 5.76 Å². The lowest BCUT2D eigenvalue weighted by Gasteiger charge is -2.07. The summed E-state index contributed by atoms with van der Waals surface area (Å²) in [4.78, 5) is 12.2. The number of fused-ring (bicyclic) bond motifs is 1. The van der Waals surface area contributed by atoms with Crippen molar-refractivity contribution in [3.8, 4) is 0 Å². The highest BCUT2D eigenvalue weighted by molar-refractivity contribution is 6.12. The van der Waals surface area contributed by atoms with Crippen LogP contribution in [0.2, 0.25) is 0 Å². The van der Waals surface area contributed by atoms with Gasteiger partial charge in [0.15, 0.2) is 5.58 Å². The van der Waals surface area contributed by atoms with Gasteiger partial charge >= 0.3 is 5.76 Å². The third-order valence-electron chi connectivity index (χ3n) is 3.76. The lowest BCUT2D eigenvalue weighted by atomic mass is 10.0. The van der Waals surface area contributed by atoms with Crippen LogP contribution in [0.25, 0.3) is 11.1 Å². The molecular weight excluding hydrogens is 300 g/mol. The molecule has 0 bridgehead atoms. The summed E-state index contributed by atoms with van der Waals surface area (Å²) in [7, 11) is 0. The quantitative estimate of drug-likeness (QED) is 0.539.